The minimum Gasteiger partial charge on any atom is -0.385 e. The van der Waals surface area contributed by atoms with Gasteiger partial charge in [0.1, 0.15) is 0 Å². The third-order valence-corrected chi connectivity index (χ3v) is 10.2. The molecule has 2 atom stereocenters. The molecule has 0 spiro atoms. The van der Waals surface area contributed by atoms with Gasteiger partial charge in [0.25, 0.3) is 0 Å². The molecule has 3 aliphatic rings. The smallest absolute Gasteiger partial charge is 0.227 e. The van der Waals surface area contributed by atoms with Crippen molar-refractivity contribution >= 4 is 23.2 Å². The Hall–Kier alpha value is -2.22. The number of carbonyl (C=O) groups is 2. The maximum Gasteiger partial charge on any atom is 0.227 e. The van der Waals surface area contributed by atoms with Crippen molar-refractivity contribution < 1.29 is 14.3 Å². The van der Waals surface area contributed by atoms with Crippen LogP contribution in [0.5, 0.6) is 0 Å². The fraction of sp³-hybridized carbons (Fsp3) is 0.625. The summed E-state index contributed by atoms with van der Waals surface area (Å²) in [6, 6.07) is 13.1. The van der Waals surface area contributed by atoms with E-state index in [0.29, 0.717) is 32.1 Å². The van der Waals surface area contributed by atoms with Crippen molar-refractivity contribution in [1.29, 1.82) is 0 Å². The molecule has 3 fully saturated rings. The van der Waals surface area contributed by atoms with Crippen molar-refractivity contribution in [2.75, 3.05) is 26.8 Å². The van der Waals surface area contributed by atoms with E-state index in [1.54, 1.807) is 7.11 Å². The van der Waals surface area contributed by atoms with E-state index in [-0.39, 0.29) is 29.2 Å². The summed E-state index contributed by atoms with van der Waals surface area (Å²) in [5.41, 5.74) is 2.24. The Labute approximate surface area is 237 Å². The number of methoxy groups -OCH3 is 1. The van der Waals surface area contributed by atoms with Gasteiger partial charge in [0.15, 0.2) is 0 Å². The third-order valence-electron chi connectivity index (χ3n) is 8.87. The highest BCUT2D eigenvalue weighted by atomic mass is 32.1. The van der Waals surface area contributed by atoms with Gasteiger partial charge in [-0.25, -0.2) is 0 Å². The lowest BCUT2D eigenvalue weighted by molar-refractivity contribution is -0.139. The number of benzene rings is 1. The summed E-state index contributed by atoms with van der Waals surface area (Å²) in [5.74, 6) is -0.0308. The first kappa shape index (κ1) is 28.3. The summed E-state index contributed by atoms with van der Waals surface area (Å²) in [5, 5.41) is 6.91. The number of aryl methyl sites for hydroxylation is 2. The van der Waals surface area contributed by atoms with Gasteiger partial charge >= 0.3 is 0 Å². The average molecular weight is 552 g/mol. The zero-order chi connectivity index (χ0) is 27.2. The van der Waals surface area contributed by atoms with Crippen LogP contribution in [0.25, 0.3) is 0 Å². The van der Waals surface area contributed by atoms with Crippen LogP contribution in [0.4, 0.5) is 0 Å². The van der Waals surface area contributed by atoms with Crippen LogP contribution in [-0.4, -0.2) is 49.6 Å². The monoisotopic (exact) mass is 551 g/mol. The van der Waals surface area contributed by atoms with Crippen LogP contribution in [0.1, 0.15) is 79.2 Å². The number of piperidine rings is 1. The molecule has 1 saturated heterocycles. The molecule has 0 radical (unpaired) electrons. The van der Waals surface area contributed by atoms with Crippen molar-refractivity contribution in [3.05, 3.63) is 57.3 Å². The summed E-state index contributed by atoms with van der Waals surface area (Å²) < 4.78 is 5.24. The van der Waals surface area contributed by atoms with Gasteiger partial charge in [0.05, 0.1) is 17.4 Å². The zero-order valence-electron chi connectivity index (χ0n) is 23.7. The van der Waals surface area contributed by atoms with Crippen LogP contribution in [0.3, 0.4) is 0 Å². The van der Waals surface area contributed by atoms with Gasteiger partial charge in [-0.15, -0.1) is 11.3 Å². The highest BCUT2D eigenvalue weighted by Crippen LogP contribution is 2.39. The first-order chi connectivity index (χ1) is 19.0. The fourth-order valence-electron chi connectivity index (χ4n) is 6.56. The molecule has 2 heterocycles. The minimum absolute atomic E-state index is 0.0931. The number of nitrogens with zero attached hydrogens (tertiary/aromatic N) is 1. The molecule has 6 nitrogen and oxygen atoms in total. The average Bonchev–Trinajstić information content (AvgIpc) is 3.57. The van der Waals surface area contributed by atoms with E-state index in [9.17, 15) is 9.59 Å². The van der Waals surface area contributed by atoms with Crippen LogP contribution in [0.2, 0.25) is 0 Å². The van der Waals surface area contributed by atoms with E-state index >= 15 is 0 Å². The number of carbonyl (C=O) groups excluding carboxylic acids is 2. The van der Waals surface area contributed by atoms with Crippen molar-refractivity contribution in [2.24, 2.45) is 11.8 Å². The predicted octanol–water partition coefficient (Wildman–Crippen LogP) is 5.19. The molecule has 212 valence electrons. The molecule has 2 aliphatic carbocycles. The van der Waals surface area contributed by atoms with Crippen LogP contribution < -0.4 is 10.6 Å². The Bertz CT molecular complexity index is 1110. The maximum atomic E-state index is 13.9. The Kier molecular flexibility index (Phi) is 9.41. The zero-order valence-corrected chi connectivity index (χ0v) is 24.5. The number of hydrogen-bond donors (Lipinski definition) is 2. The van der Waals surface area contributed by atoms with Gasteiger partial charge in [0.2, 0.25) is 11.8 Å². The van der Waals surface area contributed by atoms with Gasteiger partial charge in [-0.2, -0.15) is 0 Å². The lowest BCUT2D eigenvalue weighted by Gasteiger charge is -2.36. The predicted molar refractivity (Wildman–Crippen MR) is 157 cm³/mol. The molecule has 0 unspecified atom stereocenters. The number of ether oxygens (including phenoxy) is 1. The van der Waals surface area contributed by atoms with Gasteiger partial charge in [-0.1, -0.05) is 50.1 Å². The van der Waals surface area contributed by atoms with E-state index in [0.717, 1.165) is 64.4 Å². The highest BCUT2D eigenvalue weighted by molar-refractivity contribution is 7.12. The largest absolute Gasteiger partial charge is 0.385 e. The molecule has 5 rings (SSSR count). The number of thiophene rings is 1. The molecule has 2 saturated carbocycles. The molecule has 1 aromatic heterocycles. The lowest BCUT2D eigenvalue weighted by atomic mass is 9.85. The van der Waals surface area contributed by atoms with Gasteiger partial charge in [-0.3, -0.25) is 9.59 Å². The van der Waals surface area contributed by atoms with Crippen LogP contribution in [0.15, 0.2) is 36.4 Å². The number of rotatable bonds is 12. The summed E-state index contributed by atoms with van der Waals surface area (Å²) in [6.45, 7) is 4.97. The third kappa shape index (κ3) is 6.75. The van der Waals surface area contributed by atoms with Crippen LogP contribution in [-0.2, 0) is 39.3 Å². The molecular weight excluding hydrogens is 506 g/mol. The molecule has 0 bridgehead atoms. The molecule has 2 amide bonds. The van der Waals surface area contributed by atoms with Gasteiger partial charge < -0.3 is 20.3 Å². The number of nitrogens with one attached hydrogen (secondary N) is 2. The highest BCUT2D eigenvalue weighted by Gasteiger charge is 2.42. The first-order valence-electron chi connectivity index (χ1n) is 15.0. The van der Waals surface area contributed by atoms with Crippen molar-refractivity contribution in [3.63, 3.8) is 0 Å². The molecule has 2 N–H and O–H groups in total. The quantitative estimate of drug-likeness (QED) is 0.356. The molecule has 39 heavy (non-hydrogen) atoms. The second kappa shape index (κ2) is 13.0. The van der Waals surface area contributed by atoms with Crippen molar-refractivity contribution in [2.45, 2.75) is 89.3 Å². The lowest BCUT2D eigenvalue weighted by Crippen LogP contribution is -2.53. The Balaban J connectivity index is 1.25. The molecule has 7 heteroatoms. The summed E-state index contributed by atoms with van der Waals surface area (Å²) in [6.07, 6.45) is 10.1. The molecular formula is C32H45N3O3S. The first-order valence-corrected chi connectivity index (χ1v) is 15.8. The number of hydrogen-bond acceptors (Lipinski definition) is 5. The second-order valence-electron chi connectivity index (χ2n) is 11.7. The van der Waals surface area contributed by atoms with Gasteiger partial charge in [0, 0.05) is 49.1 Å². The van der Waals surface area contributed by atoms with Crippen molar-refractivity contribution in [3.8, 4) is 0 Å². The van der Waals surface area contributed by atoms with E-state index in [4.69, 9.17) is 4.74 Å². The van der Waals surface area contributed by atoms with E-state index in [1.165, 1.54) is 20.9 Å². The van der Waals surface area contributed by atoms with E-state index in [2.05, 4.69) is 52.8 Å². The normalized spacial score (nSPS) is 22.5. The number of amides is 2. The maximum absolute atomic E-state index is 13.9. The Morgan fingerprint density at radius 2 is 1.87 bits per heavy atom. The minimum atomic E-state index is -0.272. The summed E-state index contributed by atoms with van der Waals surface area (Å²) in [4.78, 5) is 32.5. The summed E-state index contributed by atoms with van der Waals surface area (Å²) >= 11 is 1.89. The van der Waals surface area contributed by atoms with E-state index < -0.39 is 0 Å². The van der Waals surface area contributed by atoms with Crippen molar-refractivity contribution in [1.82, 2.24) is 15.5 Å². The molecule has 1 aliphatic heterocycles. The SMILES string of the molecule is CCc1sc(CCCOC)cc1CN(C(=O)[C@H]1CNC[C@@H](C(=O)NC2(c3ccccc3)CCCC2)C1)C1CC1. The molecule has 2 aromatic rings. The van der Waals surface area contributed by atoms with Crippen LogP contribution >= 0.6 is 11.3 Å². The van der Waals surface area contributed by atoms with Crippen LogP contribution in [0, 0.1) is 11.8 Å². The summed E-state index contributed by atoms with van der Waals surface area (Å²) in [7, 11) is 1.75. The topological polar surface area (TPSA) is 70.7 Å². The standard InChI is InChI=1S/C32H45N3O3S/c1-3-29-25(19-28(39-29)12-9-17-38-2)22-35(27-13-14-27)31(37)24-18-23(20-33-21-24)30(36)34-32(15-7-8-16-32)26-10-5-4-6-11-26/h4-6,10-11,19,23-24,27,33H,3,7-9,12-18,20-22H2,1-2H3,(H,34,36)/t23-,24+/m0/s1. The Morgan fingerprint density at radius 3 is 2.56 bits per heavy atom. The fourth-order valence-corrected chi connectivity index (χ4v) is 7.72. The van der Waals surface area contributed by atoms with E-state index in [1.807, 2.05) is 17.4 Å². The Morgan fingerprint density at radius 1 is 1.13 bits per heavy atom. The van der Waals surface area contributed by atoms with Gasteiger partial charge in [-0.05, 0) is 68.6 Å². The second-order valence-corrected chi connectivity index (χ2v) is 13.0. The molecule has 1 aromatic carbocycles.